The molecule has 5 atom stereocenters. The van der Waals surface area contributed by atoms with Gasteiger partial charge in [0.1, 0.15) is 0 Å². The molecule has 0 bridgehead atoms. The molecule has 0 amide bonds. The van der Waals surface area contributed by atoms with Gasteiger partial charge in [-0.3, -0.25) is 4.79 Å². The van der Waals surface area contributed by atoms with E-state index in [0.29, 0.717) is 11.3 Å². The summed E-state index contributed by atoms with van der Waals surface area (Å²) in [5, 5.41) is 9.16. The van der Waals surface area contributed by atoms with Crippen molar-refractivity contribution in [3.8, 4) is 0 Å². The van der Waals surface area contributed by atoms with Crippen molar-refractivity contribution in [2.75, 3.05) is 0 Å². The fourth-order valence-electron chi connectivity index (χ4n) is 4.34. The quantitative estimate of drug-likeness (QED) is 0.791. The minimum Gasteiger partial charge on any atom is -0.481 e. The predicted molar refractivity (Wildman–Crippen MR) is 68.8 cm³/mol. The van der Waals surface area contributed by atoms with Crippen LogP contribution in [-0.2, 0) is 4.79 Å². The SMILES string of the molecule is CC(C(=O)O)[C@@H]1CC[C@@]2(C)CCC[C@@H](C)[C@@H]2C1. The second kappa shape index (κ2) is 4.62. The molecule has 0 spiro atoms. The first-order valence-corrected chi connectivity index (χ1v) is 7.17. The lowest BCUT2D eigenvalue weighted by molar-refractivity contribution is -0.144. The molecular formula is C15H26O2. The molecule has 2 aliphatic carbocycles. The Bertz CT molecular complexity index is 299. The van der Waals surface area contributed by atoms with Crippen LogP contribution < -0.4 is 0 Å². The van der Waals surface area contributed by atoms with Crippen LogP contribution in [0.25, 0.3) is 0 Å². The van der Waals surface area contributed by atoms with Crippen molar-refractivity contribution < 1.29 is 9.90 Å². The van der Waals surface area contributed by atoms with Gasteiger partial charge in [-0.05, 0) is 48.9 Å². The zero-order valence-electron chi connectivity index (χ0n) is 11.4. The van der Waals surface area contributed by atoms with Crippen molar-refractivity contribution in [2.45, 2.75) is 59.3 Å². The maximum absolute atomic E-state index is 11.1. The predicted octanol–water partition coefficient (Wildman–Crippen LogP) is 3.95. The van der Waals surface area contributed by atoms with Gasteiger partial charge < -0.3 is 5.11 Å². The number of hydrogen-bond acceptors (Lipinski definition) is 1. The number of rotatable bonds is 2. The van der Waals surface area contributed by atoms with E-state index in [1.165, 1.54) is 25.7 Å². The third-order valence-electron chi connectivity index (χ3n) is 5.73. The molecule has 2 rings (SSSR count). The van der Waals surface area contributed by atoms with Crippen molar-refractivity contribution in [2.24, 2.45) is 29.1 Å². The highest BCUT2D eigenvalue weighted by Gasteiger charge is 2.45. The van der Waals surface area contributed by atoms with E-state index in [1.54, 1.807) is 0 Å². The fraction of sp³-hybridized carbons (Fsp3) is 0.933. The van der Waals surface area contributed by atoms with Gasteiger partial charge in [-0.2, -0.15) is 0 Å². The largest absolute Gasteiger partial charge is 0.481 e. The average Bonchev–Trinajstić information content (AvgIpc) is 2.27. The van der Waals surface area contributed by atoms with Crippen LogP contribution in [0.3, 0.4) is 0 Å². The van der Waals surface area contributed by atoms with E-state index in [-0.39, 0.29) is 5.92 Å². The van der Waals surface area contributed by atoms with Gasteiger partial charge in [0.2, 0.25) is 0 Å². The Balaban J connectivity index is 2.08. The van der Waals surface area contributed by atoms with E-state index in [0.717, 1.165) is 24.7 Å². The van der Waals surface area contributed by atoms with Gasteiger partial charge in [-0.15, -0.1) is 0 Å². The molecule has 2 nitrogen and oxygen atoms in total. The van der Waals surface area contributed by atoms with Gasteiger partial charge in [0.15, 0.2) is 0 Å². The molecular weight excluding hydrogens is 212 g/mol. The summed E-state index contributed by atoms with van der Waals surface area (Å²) >= 11 is 0. The number of carboxylic acids is 1. The molecule has 1 unspecified atom stereocenters. The summed E-state index contributed by atoms with van der Waals surface area (Å²) in [6.45, 7) is 6.70. The highest BCUT2D eigenvalue weighted by molar-refractivity contribution is 5.69. The van der Waals surface area contributed by atoms with Crippen molar-refractivity contribution in [1.29, 1.82) is 0 Å². The first-order valence-electron chi connectivity index (χ1n) is 7.17. The van der Waals surface area contributed by atoms with Crippen molar-refractivity contribution in [1.82, 2.24) is 0 Å². The summed E-state index contributed by atoms with van der Waals surface area (Å²) in [5.41, 5.74) is 0.506. The van der Waals surface area contributed by atoms with Crippen LogP contribution in [-0.4, -0.2) is 11.1 Å². The van der Waals surface area contributed by atoms with Crippen LogP contribution in [0.15, 0.2) is 0 Å². The third kappa shape index (κ3) is 2.36. The van der Waals surface area contributed by atoms with Crippen LogP contribution in [0.2, 0.25) is 0 Å². The van der Waals surface area contributed by atoms with Gasteiger partial charge in [0.05, 0.1) is 5.92 Å². The van der Waals surface area contributed by atoms with Gasteiger partial charge in [-0.1, -0.05) is 33.6 Å². The highest BCUT2D eigenvalue weighted by atomic mass is 16.4. The molecule has 98 valence electrons. The lowest BCUT2D eigenvalue weighted by Gasteiger charge is -2.51. The fourth-order valence-corrected chi connectivity index (χ4v) is 4.34. The van der Waals surface area contributed by atoms with E-state index in [2.05, 4.69) is 13.8 Å². The Morgan fingerprint density at radius 2 is 2.06 bits per heavy atom. The van der Waals surface area contributed by atoms with Crippen LogP contribution in [0, 0.1) is 29.1 Å². The first kappa shape index (κ1) is 12.9. The maximum Gasteiger partial charge on any atom is 0.306 e. The van der Waals surface area contributed by atoms with E-state index in [9.17, 15) is 4.79 Å². The molecule has 0 saturated heterocycles. The Labute approximate surface area is 105 Å². The second-order valence-electron chi connectivity index (χ2n) is 6.79. The number of hydrogen-bond donors (Lipinski definition) is 1. The number of aliphatic carboxylic acids is 1. The Hall–Kier alpha value is -0.530. The molecule has 0 aromatic rings. The van der Waals surface area contributed by atoms with Crippen molar-refractivity contribution >= 4 is 5.97 Å². The molecule has 0 aromatic heterocycles. The molecule has 2 aliphatic rings. The number of fused-ring (bicyclic) bond motifs is 1. The first-order chi connectivity index (χ1) is 7.94. The summed E-state index contributed by atoms with van der Waals surface area (Å²) in [6, 6.07) is 0. The molecule has 0 aromatic carbocycles. The lowest BCUT2D eigenvalue weighted by atomic mass is 9.54. The smallest absolute Gasteiger partial charge is 0.306 e. The molecule has 0 radical (unpaired) electrons. The summed E-state index contributed by atoms with van der Waals surface area (Å²) in [5.74, 6) is 1.19. The second-order valence-corrected chi connectivity index (χ2v) is 6.79. The number of carboxylic acid groups (broad SMARTS) is 1. The van der Waals surface area contributed by atoms with E-state index < -0.39 is 5.97 Å². The zero-order valence-corrected chi connectivity index (χ0v) is 11.4. The highest BCUT2D eigenvalue weighted by Crippen LogP contribution is 2.54. The van der Waals surface area contributed by atoms with Crippen LogP contribution in [0.4, 0.5) is 0 Å². The van der Waals surface area contributed by atoms with Gasteiger partial charge in [0, 0.05) is 0 Å². The van der Waals surface area contributed by atoms with E-state index in [4.69, 9.17) is 5.11 Å². The van der Waals surface area contributed by atoms with Crippen LogP contribution in [0.1, 0.15) is 59.3 Å². The summed E-state index contributed by atoms with van der Waals surface area (Å²) < 4.78 is 0. The summed E-state index contributed by atoms with van der Waals surface area (Å²) in [4.78, 5) is 11.1. The van der Waals surface area contributed by atoms with Gasteiger partial charge >= 0.3 is 5.97 Å². The molecule has 17 heavy (non-hydrogen) atoms. The minimum absolute atomic E-state index is 0.159. The third-order valence-corrected chi connectivity index (χ3v) is 5.73. The summed E-state index contributed by atoms with van der Waals surface area (Å²) in [6.07, 6.45) is 7.57. The molecule has 2 heteroatoms. The van der Waals surface area contributed by atoms with E-state index in [1.807, 2.05) is 6.92 Å². The molecule has 1 N–H and O–H groups in total. The number of carbonyl (C=O) groups is 1. The van der Waals surface area contributed by atoms with Crippen molar-refractivity contribution in [3.63, 3.8) is 0 Å². The van der Waals surface area contributed by atoms with Crippen LogP contribution in [0.5, 0.6) is 0 Å². The van der Waals surface area contributed by atoms with Crippen LogP contribution >= 0.6 is 0 Å². The van der Waals surface area contributed by atoms with Gasteiger partial charge in [-0.25, -0.2) is 0 Å². The Kier molecular flexibility index (Phi) is 3.51. The average molecular weight is 238 g/mol. The van der Waals surface area contributed by atoms with Gasteiger partial charge in [0.25, 0.3) is 0 Å². The van der Waals surface area contributed by atoms with Crippen molar-refractivity contribution in [3.05, 3.63) is 0 Å². The summed E-state index contributed by atoms with van der Waals surface area (Å²) in [7, 11) is 0. The molecule has 2 saturated carbocycles. The molecule has 0 aliphatic heterocycles. The lowest BCUT2D eigenvalue weighted by Crippen LogP contribution is -2.42. The molecule has 2 fully saturated rings. The monoisotopic (exact) mass is 238 g/mol. The Morgan fingerprint density at radius 1 is 1.35 bits per heavy atom. The maximum atomic E-state index is 11.1. The normalized spacial score (nSPS) is 43.8. The standard InChI is InChI=1S/C15H26O2/c1-10-5-4-7-15(3)8-6-12(9-13(10)15)11(2)14(16)17/h10-13H,4-9H2,1-3H3,(H,16,17)/t10-,11?,12-,13+,15-/m1/s1. The molecule has 0 heterocycles. The zero-order chi connectivity index (χ0) is 12.6. The minimum atomic E-state index is -0.609. The topological polar surface area (TPSA) is 37.3 Å². The Morgan fingerprint density at radius 3 is 2.71 bits per heavy atom. The van der Waals surface area contributed by atoms with E-state index >= 15 is 0 Å².